The number of likely N-dealkylation sites (N-methyl/N-ethyl adjacent to an activating group) is 2. The molecule has 0 aliphatic rings. The number of aromatic nitrogens is 2. The fourth-order valence-electron chi connectivity index (χ4n) is 3.07. The second-order valence-corrected chi connectivity index (χ2v) is 6.72. The predicted molar refractivity (Wildman–Crippen MR) is 114 cm³/mol. The Labute approximate surface area is 172 Å². The van der Waals surface area contributed by atoms with E-state index in [-0.39, 0.29) is 18.3 Å². The number of guanidine groups is 1. The number of aryl methyl sites for hydroxylation is 1. The molecule has 0 fully saturated rings. The maximum absolute atomic E-state index is 14.6. The Morgan fingerprint density at radius 3 is 2.55 bits per heavy atom. The number of imidazole rings is 1. The maximum atomic E-state index is 14.6. The number of rotatable bonds is 8. The number of carbonyl (C=O) groups excluding carboxylic acids is 1. The van der Waals surface area contributed by atoms with Crippen LogP contribution < -0.4 is 5.32 Å². The topological polar surface area (TPSA) is 65.8 Å². The van der Waals surface area contributed by atoms with Gasteiger partial charge in [-0.3, -0.25) is 4.79 Å². The van der Waals surface area contributed by atoms with Crippen LogP contribution in [0.25, 0.3) is 5.69 Å². The maximum Gasteiger partial charge on any atom is 0.242 e. The van der Waals surface area contributed by atoms with Crippen LogP contribution in [-0.2, 0) is 11.3 Å². The van der Waals surface area contributed by atoms with Crippen molar-refractivity contribution >= 4 is 11.9 Å². The Kier molecular flexibility index (Phi) is 8.18. The second kappa shape index (κ2) is 10.6. The van der Waals surface area contributed by atoms with Gasteiger partial charge in [0.15, 0.2) is 5.96 Å². The molecule has 29 heavy (non-hydrogen) atoms. The lowest BCUT2D eigenvalue weighted by molar-refractivity contribution is -0.131. The quantitative estimate of drug-likeness (QED) is 0.544. The smallest absolute Gasteiger partial charge is 0.242 e. The van der Waals surface area contributed by atoms with Gasteiger partial charge in [-0.2, -0.15) is 0 Å². The number of nitrogens with one attached hydrogen (secondary N) is 1. The van der Waals surface area contributed by atoms with Gasteiger partial charge in [0.25, 0.3) is 0 Å². The molecule has 0 saturated carbocycles. The van der Waals surface area contributed by atoms with E-state index >= 15 is 0 Å². The molecule has 1 aromatic carbocycles. The molecular weight excluding hydrogens is 371 g/mol. The van der Waals surface area contributed by atoms with Crippen molar-refractivity contribution in [1.82, 2.24) is 24.7 Å². The monoisotopic (exact) mass is 402 g/mol. The minimum atomic E-state index is -0.325. The standard InChI is InChI=1S/C21H31FN6O/c1-6-23-21(26(5)15-20(29)27(7-2)8-3)25-14-17-9-10-19(18(22)13-17)28-12-11-24-16(28)4/h9-13H,6-8,14-15H2,1-5H3,(H,23,25). The Balaban J connectivity index is 2.12. The molecule has 8 heteroatoms. The normalized spacial score (nSPS) is 11.4. The van der Waals surface area contributed by atoms with Gasteiger partial charge >= 0.3 is 0 Å². The average Bonchev–Trinajstić information content (AvgIpc) is 3.11. The van der Waals surface area contributed by atoms with Gasteiger partial charge < -0.3 is 19.7 Å². The Bertz CT molecular complexity index is 843. The second-order valence-electron chi connectivity index (χ2n) is 6.72. The molecule has 0 atom stereocenters. The van der Waals surface area contributed by atoms with Crippen LogP contribution in [0, 0.1) is 12.7 Å². The van der Waals surface area contributed by atoms with Crippen molar-refractivity contribution < 1.29 is 9.18 Å². The molecule has 0 aliphatic carbocycles. The highest BCUT2D eigenvalue weighted by Crippen LogP contribution is 2.17. The van der Waals surface area contributed by atoms with Gasteiger partial charge in [0.1, 0.15) is 11.6 Å². The van der Waals surface area contributed by atoms with Crippen LogP contribution in [0.2, 0.25) is 0 Å². The molecule has 1 aromatic heterocycles. The van der Waals surface area contributed by atoms with E-state index in [0.717, 1.165) is 11.4 Å². The number of nitrogens with zero attached hydrogens (tertiary/aromatic N) is 5. The lowest BCUT2D eigenvalue weighted by Gasteiger charge is -2.25. The van der Waals surface area contributed by atoms with Crippen molar-refractivity contribution in [2.45, 2.75) is 34.2 Å². The number of hydrogen-bond acceptors (Lipinski definition) is 3. The third kappa shape index (κ3) is 5.79. The lowest BCUT2D eigenvalue weighted by atomic mass is 10.2. The summed E-state index contributed by atoms with van der Waals surface area (Å²) in [5.41, 5.74) is 1.21. The fraction of sp³-hybridized carbons (Fsp3) is 0.476. The summed E-state index contributed by atoms with van der Waals surface area (Å²) < 4.78 is 16.3. The molecule has 158 valence electrons. The van der Waals surface area contributed by atoms with Gasteiger partial charge in [-0.05, 0) is 45.4 Å². The van der Waals surface area contributed by atoms with E-state index in [1.54, 1.807) is 32.8 Å². The molecule has 2 rings (SSSR count). The summed E-state index contributed by atoms with van der Waals surface area (Å²) in [4.78, 5) is 24.7. The van der Waals surface area contributed by atoms with Crippen LogP contribution in [-0.4, -0.2) is 64.4 Å². The lowest BCUT2D eigenvalue weighted by Crippen LogP contribution is -2.45. The summed E-state index contributed by atoms with van der Waals surface area (Å²) in [6.07, 6.45) is 3.38. The van der Waals surface area contributed by atoms with Crippen molar-refractivity contribution in [3.05, 3.63) is 47.8 Å². The van der Waals surface area contributed by atoms with Crippen LogP contribution in [0.5, 0.6) is 0 Å². The van der Waals surface area contributed by atoms with Crippen LogP contribution in [0.3, 0.4) is 0 Å². The van der Waals surface area contributed by atoms with Gasteiger partial charge in [0, 0.05) is 39.1 Å². The first-order chi connectivity index (χ1) is 13.9. The fourth-order valence-corrected chi connectivity index (χ4v) is 3.07. The van der Waals surface area contributed by atoms with E-state index in [4.69, 9.17) is 0 Å². The third-order valence-corrected chi connectivity index (χ3v) is 4.69. The zero-order valence-electron chi connectivity index (χ0n) is 17.9. The first-order valence-electron chi connectivity index (χ1n) is 9.97. The molecule has 2 aromatic rings. The van der Waals surface area contributed by atoms with Crippen molar-refractivity contribution in [1.29, 1.82) is 0 Å². The Morgan fingerprint density at radius 1 is 1.28 bits per heavy atom. The molecule has 0 bridgehead atoms. The largest absolute Gasteiger partial charge is 0.357 e. The summed E-state index contributed by atoms with van der Waals surface area (Å²) in [7, 11) is 1.83. The molecule has 0 radical (unpaired) electrons. The van der Waals surface area contributed by atoms with Gasteiger partial charge in [-0.25, -0.2) is 14.4 Å². The summed E-state index contributed by atoms with van der Waals surface area (Å²) in [5, 5.41) is 3.19. The first kappa shape index (κ1) is 22.4. The highest BCUT2D eigenvalue weighted by atomic mass is 19.1. The van der Waals surface area contributed by atoms with Gasteiger partial charge in [0.05, 0.1) is 18.8 Å². The predicted octanol–water partition coefficient (Wildman–Crippen LogP) is 2.59. The van der Waals surface area contributed by atoms with Gasteiger partial charge in [-0.15, -0.1) is 0 Å². The van der Waals surface area contributed by atoms with Crippen LogP contribution in [0.4, 0.5) is 4.39 Å². The van der Waals surface area contributed by atoms with E-state index in [9.17, 15) is 9.18 Å². The number of halogens is 1. The SMILES string of the molecule is CCNC(=NCc1ccc(-n2ccnc2C)c(F)c1)N(C)CC(=O)N(CC)CC. The summed E-state index contributed by atoms with van der Waals surface area (Å²) >= 11 is 0. The highest BCUT2D eigenvalue weighted by molar-refractivity contribution is 5.86. The van der Waals surface area contributed by atoms with E-state index in [1.165, 1.54) is 6.07 Å². The zero-order chi connectivity index (χ0) is 21.4. The number of hydrogen-bond donors (Lipinski definition) is 1. The van der Waals surface area contributed by atoms with Gasteiger partial charge in [-0.1, -0.05) is 6.07 Å². The van der Waals surface area contributed by atoms with Crippen molar-refractivity contribution in [3.63, 3.8) is 0 Å². The Morgan fingerprint density at radius 2 is 2.00 bits per heavy atom. The highest BCUT2D eigenvalue weighted by Gasteiger charge is 2.15. The van der Waals surface area contributed by atoms with Crippen LogP contribution in [0.1, 0.15) is 32.2 Å². The molecule has 1 heterocycles. The van der Waals surface area contributed by atoms with Crippen molar-refractivity contribution in [3.8, 4) is 5.69 Å². The minimum Gasteiger partial charge on any atom is -0.357 e. The van der Waals surface area contributed by atoms with E-state index in [1.807, 2.05) is 40.8 Å². The zero-order valence-corrected chi connectivity index (χ0v) is 17.9. The molecule has 1 amide bonds. The summed E-state index contributed by atoms with van der Waals surface area (Å²) in [5.74, 6) is 1.06. The molecule has 0 saturated heterocycles. The average molecular weight is 403 g/mol. The van der Waals surface area contributed by atoms with E-state index in [0.29, 0.717) is 37.8 Å². The van der Waals surface area contributed by atoms with Gasteiger partial charge in [0.2, 0.25) is 5.91 Å². The number of aliphatic imine (C=N–C) groups is 1. The first-order valence-corrected chi connectivity index (χ1v) is 9.97. The van der Waals surface area contributed by atoms with E-state index < -0.39 is 0 Å². The molecule has 1 N–H and O–H groups in total. The molecule has 7 nitrogen and oxygen atoms in total. The summed E-state index contributed by atoms with van der Waals surface area (Å²) in [6, 6.07) is 5.07. The molecule has 0 unspecified atom stereocenters. The number of amides is 1. The number of benzene rings is 1. The molecule has 0 spiro atoms. The molecule has 0 aliphatic heterocycles. The van der Waals surface area contributed by atoms with Crippen molar-refractivity contribution in [2.24, 2.45) is 4.99 Å². The minimum absolute atomic E-state index is 0.0502. The Hall–Kier alpha value is -2.90. The van der Waals surface area contributed by atoms with Crippen molar-refractivity contribution in [2.75, 3.05) is 33.2 Å². The summed E-state index contributed by atoms with van der Waals surface area (Å²) in [6.45, 7) is 10.3. The van der Waals surface area contributed by atoms with Crippen LogP contribution >= 0.6 is 0 Å². The van der Waals surface area contributed by atoms with E-state index in [2.05, 4.69) is 15.3 Å². The molecular formula is C21H31FN6O. The third-order valence-electron chi connectivity index (χ3n) is 4.69. The number of carbonyl (C=O) groups is 1. The van der Waals surface area contributed by atoms with Crippen LogP contribution in [0.15, 0.2) is 35.6 Å².